The van der Waals surface area contributed by atoms with Gasteiger partial charge in [0.05, 0.1) is 6.10 Å². The fourth-order valence-corrected chi connectivity index (χ4v) is 1.66. The Hall–Kier alpha value is -1.74. The van der Waals surface area contributed by atoms with Crippen LogP contribution in [0.2, 0.25) is 0 Å². The van der Waals surface area contributed by atoms with Gasteiger partial charge in [-0.25, -0.2) is 9.97 Å². The van der Waals surface area contributed by atoms with Gasteiger partial charge in [-0.3, -0.25) is 0 Å². The Balaban J connectivity index is 2.11. The summed E-state index contributed by atoms with van der Waals surface area (Å²) >= 11 is 0. The van der Waals surface area contributed by atoms with Gasteiger partial charge < -0.3 is 5.11 Å². The number of aliphatic hydroxyl groups excluding tert-OH is 1. The molecule has 0 radical (unpaired) electrons. The van der Waals surface area contributed by atoms with E-state index in [0.717, 1.165) is 11.1 Å². The van der Waals surface area contributed by atoms with Crippen molar-refractivity contribution in [3.63, 3.8) is 0 Å². The maximum Gasteiger partial charge on any atom is 0.115 e. The van der Waals surface area contributed by atoms with Crippen molar-refractivity contribution in [1.82, 2.24) is 9.97 Å². The second-order valence-electron chi connectivity index (χ2n) is 3.88. The van der Waals surface area contributed by atoms with Crippen molar-refractivity contribution in [2.45, 2.75) is 19.4 Å². The van der Waals surface area contributed by atoms with Gasteiger partial charge in [0.25, 0.3) is 0 Å². The fraction of sp³-hybridized carbons (Fsp3) is 0.231. The Labute approximate surface area is 94.8 Å². The summed E-state index contributed by atoms with van der Waals surface area (Å²) < 4.78 is 0. The minimum atomic E-state index is -0.539. The first-order valence-electron chi connectivity index (χ1n) is 5.24. The van der Waals surface area contributed by atoms with E-state index in [0.29, 0.717) is 6.42 Å². The molecule has 2 rings (SSSR count). The van der Waals surface area contributed by atoms with E-state index in [2.05, 4.69) is 16.0 Å². The van der Waals surface area contributed by atoms with Gasteiger partial charge in [0, 0.05) is 24.4 Å². The van der Waals surface area contributed by atoms with Crippen molar-refractivity contribution < 1.29 is 5.11 Å². The molecule has 1 heterocycles. The number of aliphatic hydroxyl groups is 1. The third kappa shape index (κ3) is 2.64. The van der Waals surface area contributed by atoms with Crippen molar-refractivity contribution in [3.8, 4) is 0 Å². The van der Waals surface area contributed by atoms with Crippen LogP contribution in [0.3, 0.4) is 0 Å². The van der Waals surface area contributed by atoms with Gasteiger partial charge in [0.1, 0.15) is 6.33 Å². The van der Waals surface area contributed by atoms with Crippen LogP contribution in [0.5, 0.6) is 0 Å². The van der Waals surface area contributed by atoms with E-state index in [1.165, 1.54) is 11.9 Å². The van der Waals surface area contributed by atoms with Crippen LogP contribution in [0, 0.1) is 6.92 Å². The molecular formula is C13H14N2O. The molecule has 0 amide bonds. The molecule has 1 unspecified atom stereocenters. The smallest absolute Gasteiger partial charge is 0.115 e. The SMILES string of the molecule is Cc1cccc(CC(O)c2cncnc2)c1. The Morgan fingerprint density at radius 1 is 1.25 bits per heavy atom. The number of rotatable bonds is 3. The molecule has 0 saturated heterocycles. The molecule has 3 heteroatoms. The van der Waals surface area contributed by atoms with Gasteiger partial charge in [-0.05, 0) is 12.5 Å². The second kappa shape index (κ2) is 4.86. The Morgan fingerprint density at radius 2 is 2.00 bits per heavy atom. The highest BCUT2D eigenvalue weighted by atomic mass is 16.3. The third-order valence-electron chi connectivity index (χ3n) is 2.48. The summed E-state index contributed by atoms with van der Waals surface area (Å²) in [4.78, 5) is 7.79. The molecule has 0 spiro atoms. The minimum absolute atomic E-state index is 0.539. The van der Waals surface area contributed by atoms with Gasteiger partial charge in [-0.15, -0.1) is 0 Å². The molecule has 16 heavy (non-hydrogen) atoms. The lowest BCUT2D eigenvalue weighted by atomic mass is 10.0. The number of hydrogen-bond acceptors (Lipinski definition) is 3. The third-order valence-corrected chi connectivity index (χ3v) is 2.48. The van der Waals surface area contributed by atoms with E-state index < -0.39 is 6.10 Å². The molecule has 0 aliphatic heterocycles. The van der Waals surface area contributed by atoms with Gasteiger partial charge in [0.2, 0.25) is 0 Å². The van der Waals surface area contributed by atoms with Crippen LogP contribution in [-0.2, 0) is 6.42 Å². The minimum Gasteiger partial charge on any atom is -0.388 e. The lowest BCUT2D eigenvalue weighted by molar-refractivity contribution is 0.177. The van der Waals surface area contributed by atoms with Crippen molar-refractivity contribution >= 4 is 0 Å². The van der Waals surface area contributed by atoms with Crippen LogP contribution in [0.1, 0.15) is 22.8 Å². The molecule has 0 aliphatic carbocycles. The number of aryl methyl sites for hydroxylation is 1. The van der Waals surface area contributed by atoms with Crippen molar-refractivity contribution in [2.24, 2.45) is 0 Å². The normalized spacial score (nSPS) is 12.4. The molecule has 1 atom stereocenters. The zero-order valence-electron chi connectivity index (χ0n) is 9.17. The molecule has 0 bridgehead atoms. The maximum atomic E-state index is 9.98. The largest absolute Gasteiger partial charge is 0.388 e. The highest BCUT2D eigenvalue weighted by Gasteiger charge is 2.08. The Bertz CT molecular complexity index is 456. The van der Waals surface area contributed by atoms with E-state index in [1.54, 1.807) is 12.4 Å². The highest BCUT2D eigenvalue weighted by Crippen LogP contribution is 2.17. The summed E-state index contributed by atoms with van der Waals surface area (Å²) in [5.74, 6) is 0. The van der Waals surface area contributed by atoms with E-state index >= 15 is 0 Å². The topological polar surface area (TPSA) is 46.0 Å². The molecule has 1 aromatic carbocycles. The van der Waals surface area contributed by atoms with Gasteiger partial charge in [-0.2, -0.15) is 0 Å². The average molecular weight is 214 g/mol. The molecule has 0 fully saturated rings. The molecule has 3 nitrogen and oxygen atoms in total. The molecule has 1 aromatic heterocycles. The monoisotopic (exact) mass is 214 g/mol. The van der Waals surface area contributed by atoms with Crippen LogP contribution < -0.4 is 0 Å². The molecule has 0 saturated carbocycles. The fourth-order valence-electron chi connectivity index (χ4n) is 1.66. The van der Waals surface area contributed by atoms with Crippen molar-refractivity contribution in [2.75, 3.05) is 0 Å². The lowest BCUT2D eigenvalue weighted by Gasteiger charge is -2.10. The maximum absolute atomic E-state index is 9.98. The predicted octanol–water partition coefficient (Wildman–Crippen LogP) is 2.06. The van der Waals surface area contributed by atoms with Crippen LogP contribution in [0.4, 0.5) is 0 Å². The zero-order chi connectivity index (χ0) is 11.4. The molecule has 0 aliphatic rings. The first kappa shape index (κ1) is 10.8. The quantitative estimate of drug-likeness (QED) is 0.850. The number of hydrogen-bond donors (Lipinski definition) is 1. The van der Waals surface area contributed by atoms with E-state index in [9.17, 15) is 5.11 Å². The first-order chi connectivity index (χ1) is 7.75. The summed E-state index contributed by atoms with van der Waals surface area (Å²) in [6.45, 7) is 2.04. The van der Waals surface area contributed by atoms with Crippen molar-refractivity contribution in [1.29, 1.82) is 0 Å². The predicted molar refractivity (Wildman–Crippen MR) is 61.9 cm³/mol. The number of benzene rings is 1. The number of aromatic nitrogens is 2. The van der Waals surface area contributed by atoms with Crippen molar-refractivity contribution in [3.05, 3.63) is 59.7 Å². The summed E-state index contributed by atoms with van der Waals surface area (Å²) in [6.07, 6.45) is 4.81. The molecular weight excluding hydrogens is 200 g/mol. The molecule has 82 valence electrons. The van der Waals surface area contributed by atoms with E-state index in [-0.39, 0.29) is 0 Å². The van der Waals surface area contributed by atoms with Crippen LogP contribution in [0.15, 0.2) is 43.0 Å². The van der Waals surface area contributed by atoms with E-state index in [1.807, 2.05) is 25.1 Å². The number of nitrogens with zero attached hydrogens (tertiary/aromatic N) is 2. The Morgan fingerprint density at radius 3 is 2.69 bits per heavy atom. The molecule has 1 N–H and O–H groups in total. The van der Waals surface area contributed by atoms with Gasteiger partial charge in [0.15, 0.2) is 0 Å². The van der Waals surface area contributed by atoms with Crippen LogP contribution in [-0.4, -0.2) is 15.1 Å². The summed E-state index contributed by atoms with van der Waals surface area (Å²) in [5.41, 5.74) is 3.08. The van der Waals surface area contributed by atoms with Gasteiger partial charge in [-0.1, -0.05) is 29.8 Å². The average Bonchev–Trinajstić information content (AvgIpc) is 2.30. The standard InChI is InChI=1S/C13H14N2O/c1-10-3-2-4-11(5-10)6-13(16)12-7-14-9-15-8-12/h2-5,7-9,13,16H,6H2,1H3. The highest BCUT2D eigenvalue weighted by molar-refractivity contribution is 5.24. The lowest BCUT2D eigenvalue weighted by Crippen LogP contribution is -2.02. The van der Waals surface area contributed by atoms with Gasteiger partial charge >= 0.3 is 0 Å². The summed E-state index contributed by atoms with van der Waals surface area (Å²) in [7, 11) is 0. The van der Waals surface area contributed by atoms with Crippen LogP contribution >= 0.6 is 0 Å². The molecule has 2 aromatic rings. The Kier molecular flexibility index (Phi) is 3.27. The summed E-state index contributed by atoms with van der Waals surface area (Å²) in [5, 5.41) is 9.98. The van der Waals surface area contributed by atoms with E-state index in [4.69, 9.17) is 0 Å². The first-order valence-corrected chi connectivity index (χ1v) is 5.24. The summed E-state index contributed by atoms with van der Waals surface area (Å²) in [6, 6.07) is 8.13. The second-order valence-corrected chi connectivity index (χ2v) is 3.88. The zero-order valence-corrected chi connectivity index (χ0v) is 9.17. The van der Waals surface area contributed by atoms with Crippen LogP contribution in [0.25, 0.3) is 0 Å².